The molecule has 0 aliphatic heterocycles. The summed E-state index contributed by atoms with van der Waals surface area (Å²) in [4.78, 5) is 46.5. The summed E-state index contributed by atoms with van der Waals surface area (Å²) in [6.45, 7) is 2.57. The Morgan fingerprint density at radius 3 is 2.04 bits per heavy atom. The molecule has 12 heteroatoms. The fraction of sp³-hybridized carbons (Fsp3) is 0.212. The van der Waals surface area contributed by atoms with Gasteiger partial charge in [0.25, 0.3) is 0 Å². The molecule has 0 amide bonds. The number of carbonyl (C=O) groups is 2. The molecule has 5 aromatic rings. The van der Waals surface area contributed by atoms with E-state index in [1.165, 1.54) is 24.5 Å². The molecular formula is C33H32N6O5S. The van der Waals surface area contributed by atoms with Crippen LogP contribution in [0.25, 0.3) is 21.1 Å². The highest BCUT2D eigenvalue weighted by atomic mass is 32.1. The van der Waals surface area contributed by atoms with Gasteiger partial charge >= 0.3 is 11.9 Å². The highest BCUT2D eigenvalue weighted by molar-refractivity contribution is 7.18. The van der Waals surface area contributed by atoms with Crippen LogP contribution in [0.2, 0.25) is 0 Å². The van der Waals surface area contributed by atoms with Gasteiger partial charge in [-0.25, -0.2) is 19.6 Å². The maximum absolute atomic E-state index is 11.5. The number of nitrogens with zero attached hydrogens (tertiary/aromatic N) is 6. The van der Waals surface area contributed by atoms with Gasteiger partial charge in [-0.3, -0.25) is 19.8 Å². The van der Waals surface area contributed by atoms with Gasteiger partial charge in [-0.2, -0.15) is 0 Å². The molecule has 0 aliphatic carbocycles. The summed E-state index contributed by atoms with van der Waals surface area (Å²) in [5, 5.41) is 19.7. The molecule has 0 unspecified atom stereocenters. The fourth-order valence-electron chi connectivity index (χ4n) is 4.70. The van der Waals surface area contributed by atoms with Crippen molar-refractivity contribution in [1.82, 2.24) is 29.7 Å². The summed E-state index contributed by atoms with van der Waals surface area (Å²) in [5.74, 6) is -1.24. The Morgan fingerprint density at radius 1 is 0.800 bits per heavy atom. The molecule has 230 valence electrons. The van der Waals surface area contributed by atoms with Crippen molar-refractivity contribution in [3.05, 3.63) is 114 Å². The van der Waals surface area contributed by atoms with Crippen molar-refractivity contribution in [2.24, 2.45) is 0 Å². The van der Waals surface area contributed by atoms with Crippen LogP contribution in [0.5, 0.6) is 5.75 Å². The SMILES string of the molecule is COc1ccc(-c2cnc(-c3cccc(CN(C)CCN(Cc4cc(C(=O)O)ccn4)Cc4cc(C(=O)O)ccn4)n3)s2)cc1. The van der Waals surface area contributed by atoms with Crippen LogP contribution < -0.4 is 4.74 Å². The Labute approximate surface area is 264 Å². The van der Waals surface area contributed by atoms with Crippen LogP contribution in [0.1, 0.15) is 37.8 Å². The van der Waals surface area contributed by atoms with Crippen LogP contribution in [-0.2, 0) is 19.6 Å². The van der Waals surface area contributed by atoms with Gasteiger partial charge in [-0.1, -0.05) is 6.07 Å². The minimum Gasteiger partial charge on any atom is -0.497 e. The van der Waals surface area contributed by atoms with Crippen molar-refractivity contribution in [3.63, 3.8) is 0 Å². The Hall–Kier alpha value is -5.04. The second kappa shape index (κ2) is 14.6. The highest BCUT2D eigenvalue weighted by Gasteiger charge is 2.15. The zero-order valence-corrected chi connectivity index (χ0v) is 25.6. The van der Waals surface area contributed by atoms with Crippen molar-refractivity contribution in [2.75, 3.05) is 27.2 Å². The van der Waals surface area contributed by atoms with Crippen LogP contribution in [-0.4, -0.2) is 79.1 Å². The van der Waals surface area contributed by atoms with Gasteiger partial charge in [0.2, 0.25) is 0 Å². The van der Waals surface area contributed by atoms with E-state index in [0.717, 1.165) is 32.6 Å². The van der Waals surface area contributed by atoms with Crippen LogP contribution in [0.3, 0.4) is 0 Å². The Bertz CT molecular complexity index is 1720. The normalized spacial score (nSPS) is 11.2. The molecule has 0 spiro atoms. The van der Waals surface area contributed by atoms with Crippen LogP contribution in [0.15, 0.2) is 85.3 Å². The second-order valence-corrected chi connectivity index (χ2v) is 11.4. The first kappa shape index (κ1) is 31.4. The Kier molecular flexibility index (Phi) is 10.2. The van der Waals surface area contributed by atoms with Crippen molar-refractivity contribution >= 4 is 23.3 Å². The second-order valence-electron chi connectivity index (χ2n) is 10.4. The van der Waals surface area contributed by atoms with E-state index in [1.807, 2.05) is 55.7 Å². The molecule has 0 saturated carbocycles. The third-order valence-corrected chi connectivity index (χ3v) is 8.10. The topological polar surface area (TPSA) is 142 Å². The van der Waals surface area contributed by atoms with Gasteiger partial charge in [0, 0.05) is 51.3 Å². The first-order valence-electron chi connectivity index (χ1n) is 14.1. The number of rotatable bonds is 14. The lowest BCUT2D eigenvalue weighted by molar-refractivity contribution is 0.0686. The summed E-state index contributed by atoms with van der Waals surface area (Å²) in [6, 6.07) is 19.8. The first-order valence-corrected chi connectivity index (χ1v) is 14.9. The van der Waals surface area contributed by atoms with E-state index >= 15 is 0 Å². The minimum absolute atomic E-state index is 0.158. The number of aromatic nitrogens is 4. The van der Waals surface area contributed by atoms with E-state index < -0.39 is 11.9 Å². The standard InChI is InChI=1S/C33H32N6O5S/c1-38(19-25-4-3-5-29(37-25)31-36-18-30(45-31)22-6-8-28(44-2)9-7-22)14-15-39(20-26-16-23(32(40)41)10-12-34-26)21-27-17-24(33(42)43)11-13-35-27/h3-13,16-18H,14-15,19-21H2,1-2H3,(H,40,41)(H,42,43). The number of hydrogen-bond donors (Lipinski definition) is 2. The minimum atomic E-state index is -1.02. The molecule has 1 aromatic carbocycles. The number of aromatic carboxylic acids is 2. The maximum atomic E-state index is 11.5. The van der Waals surface area contributed by atoms with E-state index in [1.54, 1.807) is 30.6 Å². The third-order valence-electron chi connectivity index (χ3n) is 7.03. The zero-order valence-electron chi connectivity index (χ0n) is 24.8. The highest BCUT2D eigenvalue weighted by Crippen LogP contribution is 2.32. The summed E-state index contributed by atoms with van der Waals surface area (Å²) in [6.07, 6.45) is 4.82. The van der Waals surface area contributed by atoms with Gasteiger partial charge in [0.05, 0.1) is 45.9 Å². The van der Waals surface area contributed by atoms with Gasteiger partial charge in [-0.15, -0.1) is 11.3 Å². The van der Waals surface area contributed by atoms with Crippen molar-refractivity contribution in [2.45, 2.75) is 19.6 Å². The molecule has 4 heterocycles. The summed E-state index contributed by atoms with van der Waals surface area (Å²) in [5.41, 5.74) is 4.28. The summed E-state index contributed by atoms with van der Waals surface area (Å²) in [7, 11) is 3.65. The van der Waals surface area contributed by atoms with Crippen molar-refractivity contribution in [1.29, 1.82) is 0 Å². The molecule has 11 nitrogen and oxygen atoms in total. The van der Waals surface area contributed by atoms with Gasteiger partial charge in [-0.05, 0) is 73.3 Å². The Morgan fingerprint density at radius 2 is 1.44 bits per heavy atom. The number of pyridine rings is 3. The van der Waals surface area contributed by atoms with Gasteiger partial charge < -0.3 is 14.9 Å². The molecule has 45 heavy (non-hydrogen) atoms. The predicted molar refractivity (Wildman–Crippen MR) is 170 cm³/mol. The van der Waals surface area contributed by atoms with E-state index in [2.05, 4.69) is 24.8 Å². The smallest absolute Gasteiger partial charge is 0.335 e. The van der Waals surface area contributed by atoms with Gasteiger partial charge in [0.15, 0.2) is 0 Å². The van der Waals surface area contributed by atoms with Crippen LogP contribution >= 0.6 is 11.3 Å². The van der Waals surface area contributed by atoms with Crippen molar-refractivity contribution < 1.29 is 24.5 Å². The number of likely N-dealkylation sites (N-methyl/N-ethyl adjacent to an activating group) is 1. The van der Waals surface area contributed by atoms with E-state index in [0.29, 0.717) is 44.1 Å². The van der Waals surface area contributed by atoms with E-state index in [4.69, 9.17) is 9.72 Å². The fourth-order valence-corrected chi connectivity index (χ4v) is 5.59. The number of methoxy groups -OCH3 is 1. The molecule has 0 fully saturated rings. The average Bonchev–Trinajstić information content (AvgIpc) is 3.55. The largest absolute Gasteiger partial charge is 0.497 e. The zero-order chi connectivity index (χ0) is 31.8. The summed E-state index contributed by atoms with van der Waals surface area (Å²) >= 11 is 1.58. The van der Waals surface area contributed by atoms with E-state index in [-0.39, 0.29) is 11.1 Å². The maximum Gasteiger partial charge on any atom is 0.335 e. The third kappa shape index (κ3) is 8.54. The monoisotopic (exact) mass is 624 g/mol. The quantitative estimate of drug-likeness (QED) is 0.168. The number of hydrogen-bond acceptors (Lipinski definition) is 10. The molecule has 2 N–H and O–H groups in total. The van der Waals surface area contributed by atoms with Crippen LogP contribution in [0, 0.1) is 0 Å². The van der Waals surface area contributed by atoms with Crippen molar-refractivity contribution in [3.8, 4) is 26.9 Å². The summed E-state index contributed by atoms with van der Waals surface area (Å²) < 4.78 is 5.26. The first-order chi connectivity index (χ1) is 21.8. The lowest BCUT2D eigenvalue weighted by Gasteiger charge is -2.25. The number of carboxylic acids is 2. The molecule has 0 saturated heterocycles. The Balaban J connectivity index is 1.26. The molecule has 0 aliphatic rings. The predicted octanol–water partition coefficient (Wildman–Crippen LogP) is 5.20. The van der Waals surface area contributed by atoms with E-state index in [9.17, 15) is 19.8 Å². The van der Waals surface area contributed by atoms with Crippen LogP contribution in [0.4, 0.5) is 0 Å². The number of thiazole rings is 1. The number of benzene rings is 1. The molecule has 0 atom stereocenters. The lowest BCUT2D eigenvalue weighted by Crippen LogP contribution is -2.33. The lowest BCUT2D eigenvalue weighted by atomic mass is 10.2. The van der Waals surface area contributed by atoms with Gasteiger partial charge in [0.1, 0.15) is 10.8 Å². The average molecular weight is 625 g/mol. The molecule has 0 radical (unpaired) electrons. The molecule has 0 bridgehead atoms. The number of carboxylic acid groups (broad SMARTS) is 2. The molecule has 5 rings (SSSR count). The molecule has 4 aromatic heterocycles. The number of ether oxygens (including phenoxy) is 1. The molecular weight excluding hydrogens is 592 g/mol.